The highest BCUT2D eigenvalue weighted by molar-refractivity contribution is 5.75. The fourth-order valence-electron chi connectivity index (χ4n) is 13.9. The monoisotopic (exact) mass is 770 g/mol. The van der Waals surface area contributed by atoms with Gasteiger partial charge in [-0.3, -0.25) is 4.79 Å². The predicted molar refractivity (Wildman–Crippen MR) is 190 cm³/mol. The van der Waals surface area contributed by atoms with E-state index in [4.69, 9.17) is 18.9 Å². The van der Waals surface area contributed by atoms with Crippen molar-refractivity contribution in [1.82, 2.24) is 0 Å². The zero-order valence-corrected chi connectivity index (χ0v) is 32.5. The lowest BCUT2D eigenvalue weighted by Gasteiger charge is -2.73. The Labute approximate surface area is 318 Å². The van der Waals surface area contributed by atoms with Gasteiger partial charge in [-0.15, -0.1) is 0 Å². The van der Waals surface area contributed by atoms with Crippen LogP contribution >= 0.6 is 0 Å². The van der Waals surface area contributed by atoms with Crippen LogP contribution in [0.4, 0.5) is 0 Å². The minimum atomic E-state index is -1.67. The molecule has 20 atom stereocenters. The van der Waals surface area contributed by atoms with Gasteiger partial charge < -0.3 is 64.9 Å². The van der Waals surface area contributed by atoms with Gasteiger partial charge in [0.25, 0.3) is 0 Å². The summed E-state index contributed by atoms with van der Waals surface area (Å²) in [6.45, 7) is 10.1. The first-order valence-electron chi connectivity index (χ1n) is 20.4. The normalized spacial score (nSPS) is 57.6. The molecule has 5 saturated carbocycles. The van der Waals surface area contributed by atoms with Crippen molar-refractivity contribution in [3.05, 3.63) is 0 Å². The van der Waals surface area contributed by atoms with E-state index in [2.05, 4.69) is 20.8 Å². The number of hydrogen-bond acceptors (Lipinski definition) is 13. The van der Waals surface area contributed by atoms with Crippen LogP contribution < -0.4 is 0 Å². The summed E-state index contributed by atoms with van der Waals surface area (Å²) in [5, 5.41) is 96.6. The van der Waals surface area contributed by atoms with Crippen molar-refractivity contribution in [2.75, 3.05) is 19.8 Å². The van der Waals surface area contributed by atoms with Crippen molar-refractivity contribution in [2.24, 2.45) is 50.7 Å². The fourth-order valence-corrected chi connectivity index (χ4v) is 13.9. The molecule has 0 unspecified atom stereocenters. The Kier molecular flexibility index (Phi) is 10.7. The van der Waals surface area contributed by atoms with Crippen LogP contribution in [0.5, 0.6) is 0 Å². The number of rotatable bonds is 7. The van der Waals surface area contributed by atoms with Gasteiger partial charge in [0.2, 0.25) is 0 Å². The molecule has 0 amide bonds. The number of carbonyl (C=O) groups is 1. The van der Waals surface area contributed by atoms with Crippen LogP contribution in [0.3, 0.4) is 0 Å². The SMILES string of the molecule is C[C@@]1(O)CC[C@]2(C(=O)O)CC[C@]3(C)[C@H](CC[C@@H]4[C@@]5(C)CC[C@H](O)[C@](C)(CO[C@@H]6O[C@H](CO)[C@@H](O)[C@H](O[C@@H]7OC[C@H](O)[C@H](O)[C@H]7O)[C@H]6O)[C@@H]5CC[C@]43C)[C@@H]2C1. The van der Waals surface area contributed by atoms with E-state index in [1.54, 1.807) is 0 Å². The molecule has 0 aromatic rings. The van der Waals surface area contributed by atoms with Crippen molar-refractivity contribution in [3.63, 3.8) is 0 Å². The van der Waals surface area contributed by atoms with E-state index < -0.39 is 90.4 Å². The summed E-state index contributed by atoms with van der Waals surface area (Å²) in [6.07, 6.45) is -6.08. The van der Waals surface area contributed by atoms with Crippen molar-refractivity contribution >= 4 is 5.97 Å². The van der Waals surface area contributed by atoms with Gasteiger partial charge in [-0.2, -0.15) is 0 Å². The molecule has 2 aliphatic heterocycles. The molecule has 9 N–H and O–H groups in total. The number of carboxylic acids is 1. The van der Waals surface area contributed by atoms with Crippen LogP contribution in [0.2, 0.25) is 0 Å². The Hall–Kier alpha value is -1.01. The summed E-state index contributed by atoms with van der Waals surface area (Å²) in [5.41, 5.74) is -2.82. The maximum absolute atomic E-state index is 13.0. The van der Waals surface area contributed by atoms with Gasteiger partial charge in [-0.05, 0) is 117 Å². The molecular weight excluding hydrogens is 704 g/mol. The van der Waals surface area contributed by atoms with Crippen molar-refractivity contribution < 1.29 is 69.7 Å². The fraction of sp³-hybridized carbons (Fsp3) is 0.975. The van der Waals surface area contributed by atoms with Crippen molar-refractivity contribution in [3.8, 4) is 0 Å². The maximum Gasteiger partial charge on any atom is 0.309 e. The molecule has 14 heteroatoms. The number of aliphatic carboxylic acids is 1. The second kappa shape index (κ2) is 14.1. The Morgan fingerprint density at radius 2 is 1.44 bits per heavy atom. The summed E-state index contributed by atoms with van der Waals surface area (Å²) in [7, 11) is 0. The number of ether oxygens (including phenoxy) is 4. The molecule has 0 aromatic heterocycles. The van der Waals surface area contributed by atoms with Gasteiger partial charge >= 0.3 is 5.97 Å². The second-order valence-electron chi connectivity index (χ2n) is 19.9. The first-order chi connectivity index (χ1) is 25.2. The molecule has 310 valence electrons. The highest BCUT2D eigenvalue weighted by atomic mass is 16.7. The average molecular weight is 771 g/mol. The zero-order chi connectivity index (χ0) is 39.4. The van der Waals surface area contributed by atoms with E-state index in [9.17, 15) is 50.8 Å². The molecule has 7 fully saturated rings. The third-order valence-electron chi connectivity index (χ3n) is 17.3. The summed E-state index contributed by atoms with van der Waals surface area (Å²) in [6, 6.07) is 0. The molecule has 2 heterocycles. The molecule has 54 heavy (non-hydrogen) atoms. The molecule has 7 aliphatic rings. The van der Waals surface area contributed by atoms with E-state index in [-0.39, 0.29) is 47.2 Å². The van der Waals surface area contributed by atoms with Gasteiger partial charge in [0.1, 0.15) is 42.7 Å². The molecular formula is C40H66O14. The summed E-state index contributed by atoms with van der Waals surface area (Å²) in [4.78, 5) is 13.0. The molecule has 0 radical (unpaired) electrons. The van der Waals surface area contributed by atoms with Gasteiger partial charge in [-0.25, -0.2) is 0 Å². The summed E-state index contributed by atoms with van der Waals surface area (Å²) >= 11 is 0. The number of hydrogen-bond donors (Lipinski definition) is 9. The molecule has 0 bridgehead atoms. The first-order valence-corrected chi connectivity index (χ1v) is 20.4. The van der Waals surface area contributed by atoms with Crippen LogP contribution in [0, 0.1) is 50.7 Å². The molecule has 7 rings (SSSR count). The number of fused-ring (bicyclic) bond motifs is 7. The highest BCUT2D eigenvalue weighted by Gasteiger charge is 2.71. The quantitative estimate of drug-likeness (QED) is 0.178. The molecule has 0 spiro atoms. The topological polar surface area (TPSA) is 236 Å². The first kappa shape index (κ1) is 41.2. The standard InChI is InChI=1S/C40H66O14/c1-35(50)12-14-40(34(48)49)15-13-38(4)20(21(40)16-35)6-7-25-36(2)10-9-26(43)37(3,24(36)8-11-39(25,38)5)19-52-33-30(47)31(28(45)23(17-41)53-33)54-32-29(46)27(44)22(42)18-51-32/h20-33,41-47,50H,6-19H2,1-5H3,(H,48,49)/t20-,21+,22+,23-,24-,25-,26+,27+,28-,29-,30-,31+,32+,33-,35-,36+,37-,38-,39-,40+/m1/s1. The maximum atomic E-state index is 13.0. The zero-order valence-electron chi connectivity index (χ0n) is 32.5. The van der Waals surface area contributed by atoms with Gasteiger partial charge in [0.15, 0.2) is 12.6 Å². The minimum Gasteiger partial charge on any atom is -0.481 e. The predicted octanol–water partition coefficient (Wildman–Crippen LogP) is 1.30. The lowest BCUT2D eigenvalue weighted by Crippen LogP contribution is -2.69. The Balaban J connectivity index is 1.11. The third kappa shape index (κ3) is 6.06. The lowest BCUT2D eigenvalue weighted by atomic mass is 9.31. The van der Waals surface area contributed by atoms with Gasteiger partial charge in [-0.1, -0.05) is 27.7 Å². The number of aliphatic hydroxyl groups excluding tert-OH is 7. The van der Waals surface area contributed by atoms with Crippen LogP contribution in [-0.2, 0) is 23.7 Å². The molecule has 0 aromatic carbocycles. The van der Waals surface area contributed by atoms with E-state index in [1.807, 2.05) is 13.8 Å². The van der Waals surface area contributed by atoms with E-state index >= 15 is 0 Å². The third-order valence-corrected chi connectivity index (χ3v) is 17.3. The number of aliphatic hydroxyl groups is 8. The smallest absolute Gasteiger partial charge is 0.309 e. The Morgan fingerprint density at radius 1 is 0.741 bits per heavy atom. The lowest BCUT2D eigenvalue weighted by molar-refractivity contribution is -0.354. The van der Waals surface area contributed by atoms with Crippen molar-refractivity contribution in [1.29, 1.82) is 0 Å². The molecule has 2 saturated heterocycles. The Bertz CT molecular complexity index is 1400. The molecule has 14 nitrogen and oxygen atoms in total. The largest absolute Gasteiger partial charge is 0.481 e. The van der Waals surface area contributed by atoms with Crippen LogP contribution in [-0.4, -0.2) is 139 Å². The van der Waals surface area contributed by atoms with Crippen molar-refractivity contribution in [2.45, 2.75) is 172 Å². The van der Waals surface area contributed by atoms with E-state index in [0.29, 0.717) is 38.0 Å². The summed E-state index contributed by atoms with van der Waals surface area (Å²) < 4.78 is 23.3. The van der Waals surface area contributed by atoms with Gasteiger partial charge in [0, 0.05) is 5.41 Å². The van der Waals surface area contributed by atoms with Gasteiger partial charge in [0.05, 0.1) is 36.9 Å². The van der Waals surface area contributed by atoms with Crippen LogP contribution in [0.15, 0.2) is 0 Å². The highest BCUT2D eigenvalue weighted by Crippen LogP contribution is 2.76. The van der Waals surface area contributed by atoms with E-state index in [0.717, 1.165) is 38.5 Å². The van der Waals surface area contributed by atoms with E-state index in [1.165, 1.54) is 0 Å². The Morgan fingerprint density at radius 3 is 2.13 bits per heavy atom. The number of carboxylic acid groups (broad SMARTS) is 1. The van der Waals surface area contributed by atoms with Crippen LogP contribution in [0.1, 0.15) is 105 Å². The van der Waals surface area contributed by atoms with Crippen LogP contribution in [0.25, 0.3) is 0 Å². The minimum absolute atomic E-state index is 0.00614. The second-order valence-corrected chi connectivity index (χ2v) is 19.9. The average Bonchev–Trinajstić information content (AvgIpc) is 3.11. The summed E-state index contributed by atoms with van der Waals surface area (Å²) in [5.74, 6) is -0.281. The molecule has 5 aliphatic carbocycles.